The van der Waals surface area contributed by atoms with Crippen molar-refractivity contribution >= 4 is 0 Å². The molecule has 5 atom stereocenters. The maximum atomic E-state index is 9.45. The van der Waals surface area contributed by atoms with Crippen LogP contribution < -0.4 is 5.32 Å². The summed E-state index contributed by atoms with van der Waals surface area (Å²) >= 11 is 0. The first kappa shape index (κ1) is 10.8. The van der Waals surface area contributed by atoms with Gasteiger partial charge in [0.2, 0.25) is 0 Å². The Kier molecular flexibility index (Phi) is 3.60. The van der Waals surface area contributed by atoms with Crippen molar-refractivity contribution < 1.29 is 25.2 Å². The molecule has 6 nitrogen and oxygen atoms in total. The van der Waals surface area contributed by atoms with E-state index in [-0.39, 0.29) is 0 Å². The maximum Gasteiger partial charge on any atom is 0.173 e. The Bertz CT molecular complexity index is 167. The molecule has 0 saturated carbocycles. The third-order valence-electron chi connectivity index (χ3n) is 2.23. The van der Waals surface area contributed by atoms with Gasteiger partial charge in [-0.25, -0.2) is 0 Å². The van der Waals surface area contributed by atoms with E-state index >= 15 is 0 Å². The third-order valence-corrected chi connectivity index (χ3v) is 2.23. The zero-order valence-corrected chi connectivity index (χ0v) is 7.29. The van der Waals surface area contributed by atoms with E-state index in [0.29, 0.717) is 0 Å². The summed E-state index contributed by atoms with van der Waals surface area (Å²) in [6.07, 6.45) is -4.49. The Balaban J connectivity index is 2.66. The van der Waals surface area contributed by atoms with Gasteiger partial charge in [0.25, 0.3) is 0 Å². The van der Waals surface area contributed by atoms with Gasteiger partial charge in [0.15, 0.2) is 6.29 Å². The van der Waals surface area contributed by atoms with Crippen LogP contribution in [-0.2, 0) is 4.74 Å². The van der Waals surface area contributed by atoms with E-state index in [9.17, 15) is 15.3 Å². The van der Waals surface area contributed by atoms with Crippen LogP contribution in [0.25, 0.3) is 0 Å². The number of nitrogens with one attached hydrogen (secondary N) is 1. The van der Waals surface area contributed by atoms with E-state index in [1.165, 1.54) is 7.05 Å². The maximum absolute atomic E-state index is 9.45. The molecular formula is C7H15NO5. The van der Waals surface area contributed by atoms with Crippen molar-refractivity contribution in [2.24, 2.45) is 0 Å². The average Bonchev–Trinajstić information content (AvgIpc) is 2.12. The highest BCUT2D eigenvalue weighted by molar-refractivity contribution is 4.91. The van der Waals surface area contributed by atoms with Gasteiger partial charge in [-0.2, -0.15) is 0 Å². The summed E-state index contributed by atoms with van der Waals surface area (Å²) in [5, 5.41) is 39.4. The van der Waals surface area contributed by atoms with Crippen LogP contribution in [0.1, 0.15) is 0 Å². The van der Waals surface area contributed by atoms with Gasteiger partial charge in [-0.1, -0.05) is 0 Å². The van der Waals surface area contributed by atoms with Crippen LogP contribution >= 0.6 is 0 Å². The molecule has 1 aliphatic rings. The highest BCUT2D eigenvalue weighted by Gasteiger charge is 2.42. The molecule has 1 unspecified atom stereocenters. The Morgan fingerprint density at radius 1 is 1.23 bits per heavy atom. The molecule has 1 saturated heterocycles. The number of hydrogen-bond donors (Lipinski definition) is 5. The Hall–Kier alpha value is -0.240. The van der Waals surface area contributed by atoms with E-state index in [1.807, 2.05) is 0 Å². The molecule has 6 heteroatoms. The van der Waals surface area contributed by atoms with Crippen LogP contribution in [0, 0.1) is 0 Å². The minimum absolute atomic E-state index is 0.439. The summed E-state index contributed by atoms with van der Waals surface area (Å²) in [5.74, 6) is 0. The molecule has 1 aliphatic heterocycles. The second-order valence-corrected chi connectivity index (χ2v) is 3.04. The van der Waals surface area contributed by atoms with Crippen molar-refractivity contribution in [1.29, 1.82) is 0 Å². The molecule has 0 aromatic rings. The van der Waals surface area contributed by atoms with Gasteiger partial charge in [0.1, 0.15) is 18.3 Å². The Labute approximate surface area is 75.8 Å². The highest BCUT2D eigenvalue weighted by Crippen LogP contribution is 2.18. The molecule has 1 rings (SSSR count). The van der Waals surface area contributed by atoms with Gasteiger partial charge >= 0.3 is 0 Å². The second-order valence-electron chi connectivity index (χ2n) is 3.04. The monoisotopic (exact) mass is 193 g/mol. The van der Waals surface area contributed by atoms with Crippen LogP contribution in [0.4, 0.5) is 0 Å². The average molecular weight is 193 g/mol. The highest BCUT2D eigenvalue weighted by atomic mass is 16.6. The van der Waals surface area contributed by atoms with Crippen LogP contribution in [0.5, 0.6) is 0 Å². The molecule has 0 amide bonds. The minimum Gasteiger partial charge on any atom is -0.394 e. The molecule has 0 radical (unpaired) electrons. The Morgan fingerprint density at radius 3 is 2.31 bits per heavy atom. The fourth-order valence-corrected chi connectivity index (χ4v) is 1.41. The summed E-state index contributed by atoms with van der Waals surface area (Å²) in [6.45, 7) is -0.439. The molecule has 0 aromatic carbocycles. The molecule has 0 aromatic heterocycles. The number of aliphatic hydroxyl groups is 4. The van der Waals surface area contributed by atoms with Crippen molar-refractivity contribution in [3.8, 4) is 0 Å². The molecule has 0 bridgehead atoms. The van der Waals surface area contributed by atoms with Crippen LogP contribution in [-0.4, -0.2) is 64.7 Å². The summed E-state index contributed by atoms with van der Waals surface area (Å²) in [6, 6.07) is -0.738. The first-order valence-corrected chi connectivity index (χ1v) is 4.09. The van der Waals surface area contributed by atoms with E-state index in [0.717, 1.165) is 0 Å². The molecule has 0 aliphatic carbocycles. The summed E-state index contributed by atoms with van der Waals surface area (Å²) in [5.41, 5.74) is 0. The minimum atomic E-state index is -1.22. The fraction of sp³-hybridized carbons (Fsp3) is 1.00. The largest absolute Gasteiger partial charge is 0.394 e. The second kappa shape index (κ2) is 4.32. The van der Waals surface area contributed by atoms with Gasteiger partial charge in [0, 0.05) is 0 Å². The molecule has 13 heavy (non-hydrogen) atoms. The molecular weight excluding hydrogens is 178 g/mol. The van der Waals surface area contributed by atoms with Crippen molar-refractivity contribution in [2.75, 3.05) is 13.7 Å². The van der Waals surface area contributed by atoms with Gasteiger partial charge < -0.3 is 30.5 Å². The molecule has 5 N–H and O–H groups in total. The molecule has 0 spiro atoms. The lowest BCUT2D eigenvalue weighted by Crippen LogP contribution is -2.62. The first-order chi connectivity index (χ1) is 6.11. The van der Waals surface area contributed by atoms with Crippen LogP contribution in [0.15, 0.2) is 0 Å². The van der Waals surface area contributed by atoms with Crippen molar-refractivity contribution in [1.82, 2.24) is 5.32 Å². The summed E-state index contributed by atoms with van der Waals surface area (Å²) < 4.78 is 4.85. The zero-order chi connectivity index (χ0) is 10.0. The molecule has 78 valence electrons. The van der Waals surface area contributed by atoms with E-state index in [4.69, 9.17) is 9.84 Å². The number of rotatable bonds is 2. The Morgan fingerprint density at radius 2 is 1.85 bits per heavy atom. The van der Waals surface area contributed by atoms with E-state index < -0.39 is 37.3 Å². The standard InChI is InChI=1S/C7H15NO5/c1-8-4-6(11)5(10)3(2-9)13-7(4)12/h3-12H,2H2,1H3/t3-,4-,5-,6+,7?/m1/s1. The fourth-order valence-electron chi connectivity index (χ4n) is 1.41. The predicted molar refractivity (Wildman–Crippen MR) is 42.8 cm³/mol. The van der Waals surface area contributed by atoms with Crippen LogP contribution in [0.3, 0.4) is 0 Å². The third kappa shape index (κ3) is 1.98. The van der Waals surface area contributed by atoms with Gasteiger partial charge in [-0.3, -0.25) is 0 Å². The quantitative estimate of drug-likeness (QED) is 0.320. The summed E-state index contributed by atoms with van der Waals surface area (Å²) in [4.78, 5) is 0. The SMILES string of the molecule is CN[C@H]1C(O)O[C@H](CO)[C@@H](O)[C@H]1O. The normalized spacial score (nSPS) is 46.4. The number of hydrogen-bond acceptors (Lipinski definition) is 6. The first-order valence-electron chi connectivity index (χ1n) is 4.09. The van der Waals surface area contributed by atoms with Crippen molar-refractivity contribution in [2.45, 2.75) is 30.6 Å². The number of aliphatic hydroxyl groups excluding tert-OH is 4. The lowest BCUT2D eigenvalue weighted by atomic mass is 9.97. The van der Waals surface area contributed by atoms with E-state index in [1.54, 1.807) is 0 Å². The van der Waals surface area contributed by atoms with Gasteiger partial charge in [-0.05, 0) is 7.05 Å². The zero-order valence-electron chi connectivity index (χ0n) is 7.29. The lowest BCUT2D eigenvalue weighted by Gasteiger charge is -2.39. The van der Waals surface area contributed by atoms with Crippen molar-refractivity contribution in [3.05, 3.63) is 0 Å². The van der Waals surface area contributed by atoms with Crippen LogP contribution in [0.2, 0.25) is 0 Å². The topological polar surface area (TPSA) is 102 Å². The van der Waals surface area contributed by atoms with Gasteiger partial charge in [-0.15, -0.1) is 0 Å². The molecule has 1 fully saturated rings. The smallest absolute Gasteiger partial charge is 0.173 e. The van der Waals surface area contributed by atoms with E-state index in [2.05, 4.69) is 5.32 Å². The van der Waals surface area contributed by atoms with Gasteiger partial charge in [0.05, 0.1) is 12.6 Å². The van der Waals surface area contributed by atoms with Crippen molar-refractivity contribution in [3.63, 3.8) is 0 Å². The molecule has 1 heterocycles. The summed E-state index contributed by atoms with van der Waals surface area (Å²) in [7, 11) is 1.53. The lowest BCUT2D eigenvalue weighted by molar-refractivity contribution is -0.253. The number of likely N-dealkylation sites (N-methyl/N-ethyl adjacent to an activating group) is 1. The predicted octanol–water partition coefficient (Wildman–Crippen LogP) is -2.99. The number of ether oxygens (including phenoxy) is 1.